The highest BCUT2D eigenvalue weighted by Crippen LogP contribution is 2.21. The lowest BCUT2D eigenvalue weighted by Gasteiger charge is -2.32. The fraction of sp³-hybridized carbons (Fsp3) is 0.615. The quantitative estimate of drug-likeness (QED) is 0.700. The van der Waals surface area contributed by atoms with E-state index in [9.17, 15) is 0 Å². The Labute approximate surface area is 93.3 Å². The fourth-order valence-electron chi connectivity index (χ4n) is 1.98. The van der Waals surface area contributed by atoms with Gasteiger partial charge < -0.3 is 4.90 Å². The summed E-state index contributed by atoms with van der Waals surface area (Å²) in [5, 5.41) is 0. The number of hydrogen-bond acceptors (Lipinski definition) is 2. The molecule has 84 valence electrons. The lowest BCUT2D eigenvalue weighted by atomic mass is 10.00. The number of pyridine rings is 1. The molecule has 2 heteroatoms. The molecular weight excluding hydrogens is 184 g/mol. The van der Waals surface area contributed by atoms with E-state index in [2.05, 4.69) is 28.9 Å². The van der Waals surface area contributed by atoms with E-state index in [1.54, 1.807) is 0 Å². The Kier molecular flexibility index (Phi) is 5.16. The van der Waals surface area contributed by atoms with E-state index in [1.165, 1.54) is 31.6 Å². The Bertz CT molecular complexity index is 258. The molecule has 2 heterocycles. The maximum atomic E-state index is 4.03. The van der Waals surface area contributed by atoms with Crippen LogP contribution in [0.1, 0.15) is 33.6 Å². The number of hydrogen-bond donors (Lipinski definition) is 0. The van der Waals surface area contributed by atoms with Crippen LogP contribution in [0.25, 0.3) is 0 Å². The summed E-state index contributed by atoms with van der Waals surface area (Å²) in [4.78, 5) is 6.49. The van der Waals surface area contributed by atoms with Gasteiger partial charge in [0.1, 0.15) is 0 Å². The van der Waals surface area contributed by atoms with Crippen LogP contribution in [0.2, 0.25) is 0 Å². The molecule has 1 saturated heterocycles. The minimum atomic E-state index is 0.835. The van der Waals surface area contributed by atoms with E-state index in [-0.39, 0.29) is 0 Å². The molecule has 2 nitrogen and oxygen atoms in total. The average molecular weight is 206 g/mol. The highest BCUT2D eigenvalue weighted by molar-refractivity contribution is 5.44. The van der Waals surface area contributed by atoms with Gasteiger partial charge in [0.05, 0.1) is 0 Å². The summed E-state index contributed by atoms with van der Waals surface area (Å²) in [5.41, 5.74) is 1.32. The van der Waals surface area contributed by atoms with Crippen LogP contribution < -0.4 is 4.90 Å². The molecule has 0 bridgehead atoms. The van der Waals surface area contributed by atoms with Gasteiger partial charge in [-0.2, -0.15) is 0 Å². The molecule has 1 aliphatic heterocycles. The number of aromatic nitrogens is 1. The van der Waals surface area contributed by atoms with Gasteiger partial charge in [-0.1, -0.05) is 20.8 Å². The molecule has 0 radical (unpaired) electrons. The third-order valence-electron chi connectivity index (χ3n) is 2.68. The monoisotopic (exact) mass is 206 g/mol. The SMILES string of the molecule is CC.CC1CCCN(c2ccncc2)C1. The van der Waals surface area contributed by atoms with E-state index in [0.29, 0.717) is 0 Å². The van der Waals surface area contributed by atoms with Crippen molar-refractivity contribution in [3.8, 4) is 0 Å². The molecule has 0 aliphatic carbocycles. The average Bonchev–Trinajstić information content (AvgIpc) is 2.33. The van der Waals surface area contributed by atoms with Crippen molar-refractivity contribution >= 4 is 5.69 Å². The van der Waals surface area contributed by atoms with E-state index in [0.717, 1.165) is 5.92 Å². The smallest absolute Gasteiger partial charge is 0.0397 e. The first-order valence-corrected chi connectivity index (χ1v) is 6.01. The molecule has 0 N–H and O–H groups in total. The number of anilines is 1. The molecule has 0 saturated carbocycles. The van der Waals surface area contributed by atoms with E-state index < -0.39 is 0 Å². The molecule has 1 fully saturated rings. The van der Waals surface area contributed by atoms with Gasteiger partial charge in [-0.05, 0) is 30.9 Å². The zero-order chi connectivity index (χ0) is 11.1. The Morgan fingerprint density at radius 3 is 2.53 bits per heavy atom. The minimum absolute atomic E-state index is 0.835. The molecule has 1 unspecified atom stereocenters. The van der Waals surface area contributed by atoms with E-state index >= 15 is 0 Å². The predicted molar refractivity (Wildman–Crippen MR) is 66.2 cm³/mol. The second kappa shape index (κ2) is 6.44. The fourth-order valence-corrected chi connectivity index (χ4v) is 1.98. The van der Waals surface area contributed by atoms with Gasteiger partial charge in [0.25, 0.3) is 0 Å². The second-order valence-electron chi connectivity index (χ2n) is 3.90. The Morgan fingerprint density at radius 2 is 1.93 bits per heavy atom. The van der Waals surface area contributed by atoms with Crippen LogP contribution in [0.4, 0.5) is 5.69 Å². The third-order valence-corrected chi connectivity index (χ3v) is 2.68. The van der Waals surface area contributed by atoms with Crippen LogP contribution >= 0.6 is 0 Å². The molecule has 0 aromatic carbocycles. The van der Waals surface area contributed by atoms with Gasteiger partial charge in [-0.25, -0.2) is 0 Å². The minimum Gasteiger partial charge on any atom is -0.371 e. The van der Waals surface area contributed by atoms with E-state index in [1.807, 2.05) is 26.2 Å². The standard InChI is InChI=1S/C11H16N2.C2H6/c1-10-3-2-8-13(9-10)11-4-6-12-7-5-11;1-2/h4-7,10H,2-3,8-9H2,1H3;1-2H3. The molecule has 1 aromatic rings. The van der Waals surface area contributed by atoms with Crippen molar-refractivity contribution in [1.82, 2.24) is 4.98 Å². The molecule has 1 aliphatic rings. The van der Waals surface area contributed by atoms with Crippen LogP contribution in [-0.4, -0.2) is 18.1 Å². The van der Waals surface area contributed by atoms with Crippen molar-refractivity contribution in [3.63, 3.8) is 0 Å². The zero-order valence-electron chi connectivity index (χ0n) is 10.1. The Hall–Kier alpha value is -1.05. The van der Waals surface area contributed by atoms with Crippen molar-refractivity contribution in [3.05, 3.63) is 24.5 Å². The maximum Gasteiger partial charge on any atom is 0.0397 e. The summed E-state index contributed by atoms with van der Waals surface area (Å²) in [6, 6.07) is 4.19. The van der Waals surface area contributed by atoms with Crippen LogP contribution in [0.3, 0.4) is 0 Å². The number of piperidine rings is 1. The van der Waals surface area contributed by atoms with Gasteiger partial charge in [-0.3, -0.25) is 4.98 Å². The molecule has 1 aromatic heterocycles. The molecule has 2 rings (SSSR count). The van der Waals surface area contributed by atoms with Gasteiger partial charge in [-0.15, -0.1) is 0 Å². The van der Waals surface area contributed by atoms with Crippen LogP contribution in [0.5, 0.6) is 0 Å². The van der Waals surface area contributed by atoms with Crippen LogP contribution in [0, 0.1) is 5.92 Å². The van der Waals surface area contributed by atoms with Gasteiger partial charge >= 0.3 is 0 Å². The number of nitrogens with zero attached hydrogens (tertiary/aromatic N) is 2. The third kappa shape index (κ3) is 3.54. The highest BCUT2D eigenvalue weighted by atomic mass is 15.1. The van der Waals surface area contributed by atoms with Crippen molar-refractivity contribution < 1.29 is 0 Å². The Balaban J connectivity index is 0.000000531. The molecule has 15 heavy (non-hydrogen) atoms. The summed E-state index contributed by atoms with van der Waals surface area (Å²) in [7, 11) is 0. The van der Waals surface area contributed by atoms with Gasteiger partial charge in [0.15, 0.2) is 0 Å². The van der Waals surface area contributed by atoms with Crippen LogP contribution in [-0.2, 0) is 0 Å². The molecular formula is C13H22N2. The first-order chi connectivity index (χ1) is 7.36. The van der Waals surface area contributed by atoms with Crippen molar-refractivity contribution in [2.75, 3.05) is 18.0 Å². The maximum absolute atomic E-state index is 4.03. The summed E-state index contributed by atoms with van der Waals surface area (Å²) in [6.07, 6.45) is 6.44. The first-order valence-electron chi connectivity index (χ1n) is 6.01. The van der Waals surface area contributed by atoms with Crippen LogP contribution in [0.15, 0.2) is 24.5 Å². The topological polar surface area (TPSA) is 16.1 Å². The normalized spacial score (nSPS) is 20.5. The van der Waals surface area contributed by atoms with E-state index in [4.69, 9.17) is 0 Å². The molecule has 0 spiro atoms. The zero-order valence-corrected chi connectivity index (χ0v) is 10.1. The van der Waals surface area contributed by atoms with Crippen molar-refractivity contribution in [2.45, 2.75) is 33.6 Å². The summed E-state index contributed by atoms with van der Waals surface area (Å²) >= 11 is 0. The summed E-state index contributed by atoms with van der Waals surface area (Å²) in [5.74, 6) is 0.835. The molecule has 0 amide bonds. The van der Waals surface area contributed by atoms with Gasteiger partial charge in [0.2, 0.25) is 0 Å². The van der Waals surface area contributed by atoms with Crippen molar-refractivity contribution in [2.24, 2.45) is 5.92 Å². The lowest BCUT2D eigenvalue weighted by molar-refractivity contribution is 0.447. The predicted octanol–water partition coefficient (Wildman–Crippen LogP) is 3.34. The Morgan fingerprint density at radius 1 is 1.27 bits per heavy atom. The summed E-state index contributed by atoms with van der Waals surface area (Å²) < 4.78 is 0. The molecule has 1 atom stereocenters. The van der Waals surface area contributed by atoms with Crippen molar-refractivity contribution in [1.29, 1.82) is 0 Å². The van der Waals surface area contributed by atoms with Gasteiger partial charge in [0, 0.05) is 31.2 Å². The first kappa shape index (κ1) is 12.0. The second-order valence-corrected chi connectivity index (χ2v) is 3.90. The highest BCUT2D eigenvalue weighted by Gasteiger charge is 2.15. The summed E-state index contributed by atoms with van der Waals surface area (Å²) in [6.45, 7) is 8.73. The largest absolute Gasteiger partial charge is 0.371 e. The number of rotatable bonds is 1. The lowest BCUT2D eigenvalue weighted by Crippen LogP contribution is -2.34.